The minimum atomic E-state index is -0.191. The van der Waals surface area contributed by atoms with Crippen LogP contribution in [0.1, 0.15) is 49.7 Å². The number of aromatic nitrogens is 2. The summed E-state index contributed by atoms with van der Waals surface area (Å²) < 4.78 is 16.4. The van der Waals surface area contributed by atoms with Crippen LogP contribution in [-0.2, 0) is 17.8 Å². The third-order valence-electron chi connectivity index (χ3n) is 3.86. The summed E-state index contributed by atoms with van der Waals surface area (Å²) in [5.74, 6) is 2.53. The van der Waals surface area contributed by atoms with Crippen molar-refractivity contribution in [2.45, 2.75) is 46.9 Å². The van der Waals surface area contributed by atoms with Gasteiger partial charge >= 0.3 is 0 Å². The molecule has 1 aromatic heterocycles. The number of benzene rings is 1. The Hall–Kier alpha value is -1.88. The average Bonchev–Trinajstić information content (AvgIpc) is 3.13. The number of hydrogen-bond acceptors (Lipinski definition) is 6. The smallest absolute Gasteiger partial charge is 0.246 e. The van der Waals surface area contributed by atoms with E-state index in [-0.39, 0.29) is 30.1 Å². The molecule has 9 heteroatoms. The van der Waals surface area contributed by atoms with Gasteiger partial charge in [-0.05, 0) is 39.3 Å². The van der Waals surface area contributed by atoms with E-state index in [1.165, 1.54) is 0 Å². The van der Waals surface area contributed by atoms with Gasteiger partial charge in [0.25, 0.3) is 0 Å². The topological polar surface area (TPSA) is 93.8 Å². The lowest BCUT2D eigenvalue weighted by molar-refractivity contribution is 0.0683. The second-order valence-corrected chi connectivity index (χ2v) is 5.97. The normalized spacial score (nSPS) is 12.2. The Balaban J connectivity index is 0.00000392. The van der Waals surface area contributed by atoms with Gasteiger partial charge in [-0.1, -0.05) is 17.3 Å². The predicted molar refractivity (Wildman–Crippen MR) is 119 cm³/mol. The first-order chi connectivity index (χ1) is 13.1. The summed E-state index contributed by atoms with van der Waals surface area (Å²) in [6, 6.07) is 6.16. The van der Waals surface area contributed by atoms with Crippen LogP contribution in [0.15, 0.2) is 27.7 Å². The minimum Gasteiger partial charge on any atom is -0.494 e. The molecule has 0 aliphatic carbocycles. The maximum atomic E-state index is 5.71. The molecule has 1 atom stereocenters. The van der Waals surface area contributed by atoms with E-state index >= 15 is 0 Å². The fraction of sp³-hybridized carbons (Fsp3) is 0.526. The van der Waals surface area contributed by atoms with E-state index in [0.29, 0.717) is 44.0 Å². The first-order valence-corrected chi connectivity index (χ1v) is 9.18. The number of guanidine groups is 1. The van der Waals surface area contributed by atoms with Gasteiger partial charge < -0.3 is 24.6 Å². The Kier molecular flexibility index (Phi) is 10.8. The van der Waals surface area contributed by atoms with E-state index in [4.69, 9.17) is 14.0 Å². The molecule has 0 radical (unpaired) electrons. The lowest BCUT2D eigenvalue weighted by Crippen LogP contribution is -2.36. The zero-order valence-electron chi connectivity index (χ0n) is 17.1. The van der Waals surface area contributed by atoms with Crippen molar-refractivity contribution in [2.24, 2.45) is 4.99 Å². The summed E-state index contributed by atoms with van der Waals surface area (Å²) >= 11 is 0. The Morgan fingerprint density at radius 3 is 2.64 bits per heavy atom. The minimum absolute atomic E-state index is 0. The predicted octanol–water partition coefficient (Wildman–Crippen LogP) is 3.36. The summed E-state index contributed by atoms with van der Waals surface area (Å²) in [5.41, 5.74) is 2.23. The number of aryl methyl sites for hydroxylation is 1. The molecule has 1 unspecified atom stereocenters. The van der Waals surface area contributed by atoms with Crippen LogP contribution in [0.25, 0.3) is 0 Å². The van der Waals surface area contributed by atoms with Crippen LogP contribution in [0.5, 0.6) is 5.75 Å². The number of nitrogens with one attached hydrogen (secondary N) is 2. The van der Waals surface area contributed by atoms with Gasteiger partial charge in [0.05, 0.1) is 13.2 Å². The van der Waals surface area contributed by atoms with Crippen LogP contribution in [-0.4, -0.2) is 36.4 Å². The van der Waals surface area contributed by atoms with Crippen LogP contribution < -0.4 is 15.4 Å². The van der Waals surface area contributed by atoms with Gasteiger partial charge in [-0.3, -0.25) is 4.99 Å². The van der Waals surface area contributed by atoms with Gasteiger partial charge in [0.2, 0.25) is 5.89 Å². The van der Waals surface area contributed by atoms with Crippen molar-refractivity contribution in [1.29, 1.82) is 0 Å². The molecular formula is C19H30IN5O3. The molecule has 156 valence electrons. The van der Waals surface area contributed by atoms with Crippen LogP contribution >= 0.6 is 24.0 Å². The molecular weight excluding hydrogens is 473 g/mol. The van der Waals surface area contributed by atoms with Crippen LogP contribution in [0.3, 0.4) is 0 Å². The number of rotatable bonds is 9. The highest BCUT2D eigenvalue weighted by Gasteiger charge is 2.14. The summed E-state index contributed by atoms with van der Waals surface area (Å²) in [4.78, 5) is 8.56. The Morgan fingerprint density at radius 1 is 1.21 bits per heavy atom. The molecule has 0 bridgehead atoms. The summed E-state index contributed by atoms with van der Waals surface area (Å²) in [6.45, 7) is 10.0. The molecule has 0 amide bonds. The monoisotopic (exact) mass is 503 g/mol. The van der Waals surface area contributed by atoms with Gasteiger partial charge in [-0.2, -0.15) is 4.98 Å². The SMILES string of the molecule is CCOc1cc(C)ccc1CNC(=NC)NCc1nc(C(C)OCC)no1.I. The van der Waals surface area contributed by atoms with Gasteiger partial charge in [-0.15, -0.1) is 24.0 Å². The standard InChI is InChI=1S/C19H29N5O3.HI/c1-6-25-14(4)18-23-17(27-24-18)12-22-19(20-5)21-11-15-9-8-13(3)10-16(15)26-7-2;/h8-10,14H,6-7,11-12H2,1-5H3,(H2,20,21,22);1H. The molecule has 1 aromatic carbocycles. The molecule has 8 nitrogen and oxygen atoms in total. The van der Waals surface area contributed by atoms with Crippen molar-refractivity contribution in [3.8, 4) is 5.75 Å². The van der Waals surface area contributed by atoms with Crippen LogP contribution in [0.4, 0.5) is 0 Å². The molecule has 0 saturated heterocycles. The van der Waals surface area contributed by atoms with Crippen molar-refractivity contribution in [3.05, 3.63) is 41.0 Å². The number of nitrogens with zero attached hydrogens (tertiary/aromatic N) is 3. The van der Waals surface area contributed by atoms with Gasteiger partial charge in [0, 0.05) is 25.8 Å². The highest BCUT2D eigenvalue weighted by Crippen LogP contribution is 2.20. The van der Waals surface area contributed by atoms with E-state index in [9.17, 15) is 0 Å². The lowest BCUT2D eigenvalue weighted by Gasteiger charge is -2.14. The Bertz CT molecular complexity index is 751. The fourth-order valence-corrected chi connectivity index (χ4v) is 2.49. The second-order valence-electron chi connectivity index (χ2n) is 5.97. The zero-order valence-corrected chi connectivity index (χ0v) is 19.4. The van der Waals surface area contributed by atoms with Crippen molar-refractivity contribution in [1.82, 2.24) is 20.8 Å². The molecule has 2 N–H and O–H groups in total. The highest BCUT2D eigenvalue weighted by atomic mass is 127. The number of aliphatic imine (C=N–C) groups is 1. The summed E-state index contributed by atoms with van der Waals surface area (Å²) in [5, 5.41) is 10.4. The lowest BCUT2D eigenvalue weighted by atomic mass is 10.1. The van der Waals surface area contributed by atoms with Crippen LogP contribution in [0, 0.1) is 6.92 Å². The fourth-order valence-electron chi connectivity index (χ4n) is 2.49. The third kappa shape index (κ3) is 7.27. The summed E-state index contributed by atoms with van der Waals surface area (Å²) in [6.07, 6.45) is -0.191. The zero-order chi connectivity index (χ0) is 19.6. The molecule has 28 heavy (non-hydrogen) atoms. The molecule has 2 aromatic rings. The van der Waals surface area contributed by atoms with E-state index in [0.717, 1.165) is 16.9 Å². The van der Waals surface area contributed by atoms with E-state index in [1.807, 2.05) is 33.8 Å². The molecule has 0 aliphatic heterocycles. The Morgan fingerprint density at radius 2 is 1.96 bits per heavy atom. The van der Waals surface area contributed by atoms with E-state index in [2.05, 4.69) is 37.9 Å². The molecule has 0 spiro atoms. The highest BCUT2D eigenvalue weighted by molar-refractivity contribution is 14.0. The number of ether oxygens (including phenoxy) is 2. The van der Waals surface area contributed by atoms with Crippen LogP contribution in [0.2, 0.25) is 0 Å². The third-order valence-corrected chi connectivity index (χ3v) is 3.86. The largest absolute Gasteiger partial charge is 0.494 e. The van der Waals surface area contributed by atoms with E-state index in [1.54, 1.807) is 7.05 Å². The summed E-state index contributed by atoms with van der Waals surface area (Å²) in [7, 11) is 1.71. The maximum Gasteiger partial charge on any atom is 0.246 e. The van der Waals surface area contributed by atoms with Gasteiger partial charge in [0.1, 0.15) is 11.9 Å². The van der Waals surface area contributed by atoms with Crippen molar-refractivity contribution < 1.29 is 14.0 Å². The van der Waals surface area contributed by atoms with Gasteiger partial charge in [0.15, 0.2) is 11.8 Å². The molecule has 0 saturated carbocycles. The molecule has 0 aliphatic rings. The van der Waals surface area contributed by atoms with Crippen molar-refractivity contribution in [2.75, 3.05) is 20.3 Å². The Labute approximate surface area is 183 Å². The number of halogens is 1. The average molecular weight is 503 g/mol. The first kappa shape index (κ1) is 24.2. The second kappa shape index (κ2) is 12.6. The molecule has 0 fully saturated rings. The quantitative estimate of drug-likeness (QED) is 0.308. The van der Waals surface area contributed by atoms with Crippen molar-refractivity contribution >= 4 is 29.9 Å². The van der Waals surface area contributed by atoms with Crippen molar-refractivity contribution in [3.63, 3.8) is 0 Å². The first-order valence-electron chi connectivity index (χ1n) is 9.18. The molecule has 2 rings (SSSR count). The number of hydrogen-bond donors (Lipinski definition) is 2. The molecule has 1 heterocycles. The maximum absolute atomic E-state index is 5.71. The van der Waals surface area contributed by atoms with E-state index < -0.39 is 0 Å². The van der Waals surface area contributed by atoms with Gasteiger partial charge in [-0.25, -0.2) is 0 Å².